The van der Waals surface area contributed by atoms with Gasteiger partial charge in [-0.05, 0) is 31.4 Å². The molecule has 0 radical (unpaired) electrons. The summed E-state index contributed by atoms with van der Waals surface area (Å²) in [6.45, 7) is 1.99. The maximum atomic E-state index is 9.19. The molecule has 0 aliphatic heterocycles. The van der Waals surface area contributed by atoms with Crippen LogP contribution in [0.15, 0.2) is 18.2 Å². The van der Waals surface area contributed by atoms with Crippen LogP contribution in [-0.2, 0) is 11.8 Å². The van der Waals surface area contributed by atoms with Gasteiger partial charge in [-0.15, -0.1) is 0 Å². The molecular weight excluding hydrogens is 174 g/mol. The first-order valence-electron chi connectivity index (χ1n) is 4.79. The average Bonchev–Trinajstić information content (AvgIpc) is 2.58. The molecule has 14 heavy (non-hydrogen) atoms. The number of fused-ring (bicyclic) bond motifs is 1. The zero-order valence-corrected chi connectivity index (χ0v) is 8.50. The molecule has 0 amide bonds. The van der Waals surface area contributed by atoms with Gasteiger partial charge in [0.15, 0.2) is 0 Å². The van der Waals surface area contributed by atoms with E-state index in [4.69, 9.17) is 4.74 Å². The zero-order valence-electron chi connectivity index (χ0n) is 8.50. The van der Waals surface area contributed by atoms with Crippen molar-refractivity contribution in [2.45, 2.75) is 25.2 Å². The predicted molar refractivity (Wildman–Crippen MR) is 54.3 cm³/mol. The Bertz CT molecular complexity index is 405. The molecule has 1 aliphatic rings. The number of aryl methyl sites for hydroxylation is 1. The molecule has 1 aromatic carbocycles. The minimum absolute atomic E-state index is 0.359. The summed E-state index contributed by atoms with van der Waals surface area (Å²) in [6, 6.07) is 8.39. The number of rotatable bonds is 1. The van der Waals surface area contributed by atoms with Gasteiger partial charge < -0.3 is 4.74 Å². The molecule has 2 nitrogen and oxygen atoms in total. The highest BCUT2D eigenvalue weighted by Gasteiger charge is 2.37. The Kier molecular flexibility index (Phi) is 1.96. The van der Waals surface area contributed by atoms with Gasteiger partial charge in [0.2, 0.25) is 0 Å². The van der Waals surface area contributed by atoms with Crippen molar-refractivity contribution < 1.29 is 4.74 Å². The third-order valence-electron chi connectivity index (χ3n) is 3.03. The van der Waals surface area contributed by atoms with Gasteiger partial charge in [0, 0.05) is 5.56 Å². The van der Waals surface area contributed by atoms with Crippen molar-refractivity contribution >= 4 is 0 Å². The van der Waals surface area contributed by atoms with Gasteiger partial charge in [-0.25, -0.2) is 0 Å². The third-order valence-corrected chi connectivity index (χ3v) is 3.03. The molecule has 72 valence electrons. The monoisotopic (exact) mass is 187 g/mol. The number of benzene rings is 1. The number of nitrogens with zero attached hydrogens (tertiary/aromatic N) is 1. The first kappa shape index (κ1) is 9.08. The van der Waals surface area contributed by atoms with Crippen LogP contribution >= 0.6 is 0 Å². The van der Waals surface area contributed by atoms with Crippen molar-refractivity contribution in [3.05, 3.63) is 29.3 Å². The van der Waals surface area contributed by atoms with E-state index < -0.39 is 0 Å². The summed E-state index contributed by atoms with van der Waals surface area (Å²) in [5.74, 6) is 0.851. The molecule has 0 saturated carbocycles. The molecule has 1 atom stereocenters. The Labute approximate surface area is 84.1 Å². The van der Waals surface area contributed by atoms with Crippen LogP contribution in [0.5, 0.6) is 5.75 Å². The van der Waals surface area contributed by atoms with Crippen LogP contribution in [0.4, 0.5) is 0 Å². The van der Waals surface area contributed by atoms with Crippen molar-refractivity contribution in [2.24, 2.45) is 0 Å². The van der Waals surface area contributed by atoms with Gasteiger partial charge in [0.25, 0.3) is 0 Å². The highest BCUT2D eigenvalue weighted by atomic mass is 16.5. The van der Waals surface area contributed by atoms with E-state index in [0.717, 1.165) is 24.2 Å². The van der Waals surface area contributed by atoms with E-state index >= 15 is 0 Å². The lowest BCUT2D eigenvalue weighted by Gasteiger charge is -2.18. The number of methoxy groups -OCH3 is 1. The van der Waals surface area contributed by atoms with E-state index in [1.165, 1.54) is 5.56 Å². The summed E-state index contributed by atoms with van der Waals surface area (Å²) < 4.78 is 5.30. The van der Waals surface area contributed by atoms with Crippen molar-refractivity contribution in [1.29, 1.82) is 5.26 Å². The lowest BCUT2D eigenvalue weighted by molar-refractivity contribution is 0.402. The van der Waals surface area contributed by atoms with Crippen LogP contribution in [0, 0.1) is 11.3 Å². The minimum Gasteiger partial charge on any atom is -0.496 e. The van der Waals surface area contributed by atoms with Crippen LogP contribution in [0.25, 0.3) is 0 Å². The Balaban J connectivity index is 2.63. The summed E-state index contributed by atoms with van der Waals surface area (Å²) in [4.78, 5) is 0. The number of hydrogen-bond donors (Lipinski definition) is 0. The zero-order chi connectivity index (χ0) is 10.2. The topological polar surface area (TPSA) is 33.0 Å². The molecule has 0 spiro atoms. The summed E-state index contributed by atoms with van der Waals surface area (Å²) in [6.07, 6.45) is 1.88. The van der Waals surface area contributed by atoms with Crippen LogP contribution in [0.2, 0.25) is 0 Å². The van der Waals surface area contributed by atoms with Gasteiger partial charge in [-0.2, -0.15) is 5.26 Å². The fourth-order valence-corrected chi connectivity index (χ4v) is 2.20. The average molecular weight is 187 g/mol. The summed E-state index contributed by atoms with van der Waals surface area (Å²) in [5, 5.41) is 9.19. The van der Waals surface area contributed by atoms with Gasteiger partial charge in [0.05, 0.1) is 18.6 Å². The molecule has 1 aliphatic carbocycles. The fraction of sp³-hybridized carbons (Fsp3) is 0.417. The van der Waals surface area contributed by atoms with E-state index in [9.17, 15) is 5.26 Å². The SMILES string of the molecule is COc1cccc2c1C(C)(C#N)CC2. The molecule has 0 bridgehead atoms. The molecule has 0 saturated heterocycles. The highest BCUT2D eigenvalue weighted by Crippen LogP contribution is 2.43. The molecule has 1 unspecified atom stereocenters. The Morgan fingerprint density at radius 1 is 1.50 bits per heavy atom. The van der Waals surface area contributed by atoms with E-state index in [-0.39, 0.29) is 5.41 Å². The lowest BCUT2D eigenvalue weighted by atomic mass is 9.85. The summed E-state index contributed by atoms with van der Waals surface area (Å²) in [5.41, 5.74) is 1.99. The molecule has 2 rings (SSSR count). The number of nitriles is 1. The number of hydrogen-bond acceptors (Lipinski definition) is 2. The fourth-order valence-electron chi connectivity index (χ4n) is 2.20. The lowest BCUT2D eigenvalue weighted by Crippen LogP contribution is -2.15. The van der Waals surface area contributed by atoms with Crippen LogP contribution in [-0.4, -0.2) is 7.11 Å². The van der Waals surface area contributed by atoms with Crippen molar-refractivity contribution in [3.8, 4) is 11.8 Å². The first-order chi connectivity index (χ1) is 6.71. The molecule has 0 aromatic heterocycles. The Hall–Kier alpha value is -1.49. The molecule has 0 heterocycles. The van der Waals surface area contributed by atoms with Crippen LogP contribution in [0.1, 0.15) is 24.5 Å². The first-order valence-corrected chi connectivity index (χ1v) is 4.79. The normalized spacial score (nSPS) is 24.1. The van der Waals surface area contributed by atoms with Crippen molar-refractivity contribution in [3.63, 3.8) is 0 Å². The smallest absolute Gasteiger partial charge is 0.123 e. The molecule has 1 aromatic rings. The van der Waals surface area contributed by atoms with Gasteiger partial charge in [-0.3, -0.25) is 0 Å². The van der Waals surface area contributed by atoms with Gasteiger partial charge >= 0.3 is 0 Å². The maximum Gasteiger partial charge on any atom is 0.123 e. The number of ether oxygens (including phenoxy) is 1. The second-order valence-corrected chi connectivity index (χ2v) is 3.94. The van der Waals surface area contributed by atoms with Crippen molar-refractivity contribution in [2.75, 3.05) is 7.11 Å². The third kappa shape index (κ3) is 1.09. The molecular formula is C12H13NO. The molecule has 0 N–H and O–H groups in total. The highest BCUT2D eigenvalue weighted by molar-refractivity contribution is 5.51. The minimum atomic E-state index is -0.359. The largest absolute Gasteiger partial charge is 0.496 e. The second-order valence-electron chi connectivity index (χ2n) is 3.94. The summed E-state index contributed by atoms with van der Waals surface area (Å²) in [7, 11) is 1.66. The van der Waals surface area contributed by atoms with Crippen LogP contribution < -0.4 is 4.74 Å². The molecule has 2 heteroatoms. The van der Waals surface area contributed by atoms with E-state index in [0.29, 0.717) is 0 Å². The van der Waals surface area contributed by atoms with Gasteiger partial charge in [-0.1, -0.05) is 12.1 Å². The Morgan fingerprint density at radius 2 is 2.29 bits per heavy atom. The van der Waals surface area contributed by atoms with E-state index in [2.05, 4.69) is 12.1 Å². The van der Waals surface area contributed by atoms with E-state index in [1.807, 2.05) is 19.1 Å². The Morgan fingerprint density at radius 3 is 2.93 bits per heavy atom. The standard InChI is InChI=1S/C12H13NO/c1-12(8-13)7-6-9-4-3-5-10(14-2)11(9)12/h3-5H,6-7H2,1-2H3. The predicted octanol–water partition coefficient (Wildman–Crippen LogP) is 2.42. The van der Waals surface area contributed by atoms with Crippen molar-refractivity contribution in [1.82, 2.24) is 0 Å². The summed E-state index contributed by atoms with van der Waals surface area (Å²) >= 11 is 0. The van der Waals surface area contributed by atoms with E-state index in [1.54, 1.807) is 7.11 Å². The van der Waals surface area contributed by atoms with Gasteiger partial charge in [0.1, 0.15) is 5.75 Å². The van der Waals surface area contributed by atoms with Crippen LogP contribution in [0.3, 0.4) is 0 Å². The second kappa shape index (κ2) is 3.02. The maximum absolute atomic E-state index is 9.19. The quantitative estimate of drug-likeness (QED) is 0.676. The molecule has 0 fully saturated rings.